The molecule has 0 aromatic heterocycles. The molecule has 5 heteroatoms. The minimum atomic E-state index is -0.833. The number of hydrogen-bond acceptors (Lipinski definition) is 4. The first-order valence-corrected chi connectivity index (χ1v) is 12.6. The Morgan fingerprint density at radius 1 is 0.933 bits per heavy atom. The summed E-state index contributed by atoms with van der Waals surface area (Å²) < 4.78 is 11.3. The zero-order valence-electron chi connectivity index (χ0n) is 19.5. The fourth-order valence-corrected chi connectivity index (χ4v) is 4.23. The van der Waals surface area contributed by atoms with E-state index in [-0.39, 0.29) is 37.1 Å². The van der Waals surface area contributed by atoms with Gasteiger partial charge in [0.15, 0.2) is 0 Å². The molecule has 0 aliphatic carbocycles. The van der Waals surface area contributed by atoms with E-state index >= 15 is 0 Å². The van der Waals surface area contributed by atoms with Gasteiger partial charge in [-0.1, -0.05) is 97.3 Å². The van der Waals surface area contributed by atoms with Crippen LogP contribution in [0.5, 0.6) is 0 Å². The largest absolute Gasteiger partial charge is 0.481 e. The molecule has 176 valence electrons. The lowest BCUT2D eigenvalue weighted by Crippen LogP contribution is -2.47. The first-order chi connectivity index (χ1) is 14.6. The maximum Gasteiger partial charge on any atom is 0.313 e. The topological polar surface area (TPSA) is 72.8 Å². The first-order valence-electron chi connectivity index (χ1n) is 12.6. The summed E-state index contributed by atoms with van der Waals surface area (Å²) in [7, 11) is 0. The second kappa shape index (κ2) is 17.6. The molecule has 1 aliphatic rings. The lowest BCUT2D eigenvalue weighted by atomic mass is 9.86. The van der Waals surface area contributed by atoms with Gasteiger partial charge in [0.25, 0.3) is 0 Å². The normalized spacial score (nSPS) is 19.3. The highest BCUT2D eigenvalue weighted by molar-refractivity contribution is 5.78. The Balaban J connectivity index is 2.29. The van der Waals surface area contributed by atoms with Crippen LogP contribution >= 0.6 is 0 Å². The maximum absolute atomic E-state index is 11.9. The highest BCUT2D eigenvalue weighted by atomic mass is 16.6. The summed E-state index contributed by atoms with van der Waals surface area (Å²) in [6.07, 6.45) is 18.7. The van der Waals surface area contributed by atoms with Crippen molar-refractivity contribution in [1.82, 2.24) is 0 Å². The molecule has 1 heterocycles. The number of carboxylic acid groups (broad SMARTS) is 1. The van der Waals surface area contributed by atoms with Gasteiger partial charge >= 0.3 is 11.9 Å². The van der Waals surface area contributed by atoms with Crippen molar-refractivity contribution in [2.75, 3.05) is 6.61 Å². The van der Waals surface area contributed by atoms with E-state index in [0.717, 1.165) is 25.7 Å². The van der Waals surface area contributed by atoms with Gasteiger partial charge in [-0.3, -0.25) is 9.59 Å². The molecule has 1 N–H and O–H groups in total. The van der Waals surface area contributed by atoms with Crippen molar-refractivity contribution >= 4 is 11.9 Å². The van der Waals surface area contributed by atoms with Gasteiger partial charge in [0.1, 0.15) is 6.10 Å². The summed E-state index contributed by atoms with van der Waals surface area (Å²) in [6.45, 7) is 4.67. The Morgan fingerprint density at radius 2 is 1.50 bits per heavy atom. The molecule has 5 nitrogen and oxygen atoms in total. The van der Waals surface area contributed by atoms with Crippen molar-refractivity contribution in [2.45, 2.75) is 135 Å². The molecule has 1 fully saturated rings. The van der Waals surface area contributed by atoms with Crippen LogP contribution < -0.4 is 0 Å². The third-order valence-corrected chi connectivity index (χ3v) is 6.18. The minimum Gasteiger partial charge on any atom is -0.481 e. The van der Waals surface area contributed by atoms with Crippen molar-refractivity contribution in [1.29, 1.82) is 0 Å². The summed E-state index contributed by atoms with van der Waals surface area (Å²) in [5.41, 5.74) is 0. The van der Waals surface area contributed by atoms with E-state index in [4.69, 9.17) is 14.6 Å². The minimum absolute atomic E-state index is 0.00912. The second-order valence-electron chi connectivity index (χ2n) is 8.92. The SMILES string of the molecule is CCCCCCCCCCC[C@@H](C[C@@H]1OC(=O)[C@H]1CCCCCC)OCCC(=O)O. The zero-order valence-corrected chi connectivity index (χ0v) is 19.5. The van der Waals surface area contributed by atoms with Crippen LogP contribution in [0.4, 0.5) is 0 Å². The molecule has 0 bridgehead atoms. The number of aliphatic carboxylic acids is 1. The monoisotopic (exact) mass is 426 g/mol. The summed E-state index contributed by atoms with van der Waals surface area (Å²) >= 11 is 0. The third kappa shape index (κ3) is 12.6. The van der Waals surface area contributed by atoms with Crippen molar-refractivity contribution < 1.29 is 24.2 Å². The lowest BCUT2D eigenvalue weighted by molar-refractivity contribution is -0.189. The second-order valence-corrected chi connectivity index (χ2v) is 8.92. The molecule has 1 saturated heterocycles. The number of hydrogen-bond donors (Lipinski definition) is 1. The molecule has 0 saturated carbocycles. The van der Waals surface area contributed by atoms with Gasteiger partial charge in [0.2, 0.25) is 0 Å². The summed E-state index contributed by atoms with van der Waals surface area (Å²) in [4.78, 5) is 22.7. The van der Waals surface area contributed by atoms with Gasteiger partial charge < -0.3 is 14.6 Å². The molecule has 3 atom stereocenters. The molecule has 0 radical (unpaired) electrons. The van der Waals surface area contributed by atoms with Crippen LogP contribution in [0.2, 0.25) is 0 Å². The van der Waals surface area contributed by atoms with Crippen LogP contribution in [0.3, 0.4) is 0 Å². The number of carbonyl (C=O) groups is 2. The Hall–Kier alpha value is -1.10. The molecule has 1 aliphatic heterocycles. The number of rotatable bonds is 21. The summed E-state index contributed by atoms with van der Waals surface area (Å²) in [6, 6.07) is 0. The van der Waals surface area contributed by atoms with E-state index in [2.05, 4.69) is 13.8 Å². The Morgan fingerprint density at radius 3 is 2.07 bits per heavy atom. The van der Waals surface area contributed by atoms with Gasteiger partial charge in [0.05, 0.1) is 25.0 Å². The van der Waals surface area contributed by atoms with E-state index in [9.17, 15) is 9.59 Å². The van der Waals surface area contributed by atoms with Gasteiger partial charge in [-0.2, -0.15) is 0 Å². The molecule has 0 amide bonds. The van der Waals surface area contributed by atoms with Crippen LogP contribution in [-0.4, -0.2) is 35.9 Å². The predicted octanol–water partition coefficient (Wildman–Crippen LogP) is 6.67. The average Bonchev–Trinajstić information content (AvgIpc) is 2.71. The van der Waals surface area contributed by atoms with Crippen LogP contribution in [0.25, 0.3) is 0 Å². The van der Waals surface area contributed by atoms with Gasteiger partial charge in [0, 0.05) is 6.42 Å². The van der Waals surface area contributed by atoms with E-state index in [1.165, 1.54) is 70.6 Å². The van der Waals surface area contributed by atoms with Crippen molar-refractivity contribution in [3.05, 3.63) is 0 Å². The predicted molar refractivity (Wildman–Crippen MR) is 121 cm³/mol. The fraction of sp³-hybridized carbons (Fsp3) is 0.920. The number of cyclic esters (lactones) is 1. The van der Waals surface area contributed by atoms with Crippen LogP contribution in [0.15, 0.2) is 0 Å². The summed E-state index contributed by atoms with van der Waals surface area (Å²) in [5, 5.41) is 8.88. The molecule has 0 aromatic carbocycles. The Bertz CT molecular complexity index is 451. The highest BCUT2D eigenvalue weighted by Crippen LogP contribution is 2.32. The van der Waals surface area contributed by atoms with E-state index < -0.39 is 5.97 Å². The van der Waals surface area contributed by atoms with Gasteiger partial charge in [-0.15, -0.1) is 0 Å². The standard InChI is InChI=1S/C25H46O5/c1-3-5-7-9-10-11-12-13-14-16-21(29-19-18-24(26)27)20-23-22(25(28)30-23)17-15-8-6-4-2/h21-23H,3-20H2,1-2H3,(H,26,27)/t21-,22-,23-/m0/s1. The first kappa shape index (κ1) is 26.9. The molecular formula is C25H46O5. The molecule has 30 heavy (non-hydrogen) atoms. The zero-order chi connectivity index (χ0) is 22.0. The van der Waals surface area contributed by atoms with Crippen LogP contribution in [0, 0.1) is 5.92 Å². The average molecular weight is 427 g/mol. The maximum atomic E-state index is 11.9. The lowest BCUT2D eigenvalue weighted by Gasteiger charge is -2.37. The number of esters is 1. The molecular weight excluding hydrogens is 380 g/mol. The van der Waals surface area contributed by atoms with Crippen LogP contribution in [-0.2, 0) is 19.1 Å². The summed E-state index contributed by atoms with van der Waals surface area (Å²) in [5.74, 6) is -0.889. The van der Waals surface area contributed by atoms with Crippen molar-refractivity contribution in [2.24, 2.45) is 5.92 Å². The highest BCUT2D eigenvalue weighted by Gasteiger charge is 2.42. The Kier molecular flexibility index (Phi) is 15.8. The molecule has 1 rings (SSSR count). The third-order valence-electron chi connectivity index (χ3n) is 6.18. The number of carboxylic acids is 1. The fourth-order valence-electron chi connectivity index (χ4n) is 4.23. The van der Waals surface area contributed by atoms with Gasteiger partial charge in [-0.25, -0.2) is 0 Å². The van der Waals surface area contributed by atoms with Crippen molar-refractivity contribution in [3.8, 4) is 0 Å². The van der Waals surface area contributed by atoms with Crippen molar-refractivity contribution in [3.63, 3.8) is 0 Å². The Labute approximate surface area is 184 Å². The molecule has 0 spiro atoms. The number of ether oxygens (including phenoxy) is 2. The number of unbranched alkanes of at least 4 members (excludes halogenated alkanes) is 11. The van der Waals surface area contributed by atoms with Crippen LogP contribution in [0.1, 0.15) is 123 Å². The van der Waals surface area contributed by atoms with E-state index in [1.807, 2.05) is 0 Å². The molecule has 0 aromatic rings. The van der Waals surface area contributed by atoms with E-state index in [1.54, 1.807) is 0 Å². The molecule has 0 unspecified atom stereocenters. The van der Waals surface area contributed by atoms with Gasteiger partial charge in [-0.05, 0) is 12.8 Å². The quantitative estimate of drug-likeness (QED) is 0.164. The van der Waals surface area contributed by atoms with E-state index in [0.29, 0.717) is 6.42 Å². The number of carbonyl (C=O) groups excluding carboxylic acids is 1. The smallest absolute Gasteiger partial charge is 0.313 e.